The van der Waals surface area contributed by atoms with E-state index >= 15 is 0 Å². The van der Waals surface area contributed by atoms with Crippen molar-refractivity contribution in [3.63, 3.8) is 0 Å². The van der Waals surface area contributed by atoms with Crippen molar-refractivity contribution in [2.24, 2.45) is 0 Å². The third-order valence-electron chi connectivity index (χ3n) is 3.03. The van der Waals surface area contributed by atoms with Crippen LogP contribution >= 0.6 is 11.6 Å². The van der Waals surface area contributed by atoms with E-state index in [9.17, 15) is 14.3 Å². The smallest absolute Gasteiger partial charge is 0.256 e. The summed E-state index contributed by atoms with van der Waals surface area (Å²) in [7, 11) is 0. The van der Waals surface area contributed by atoms with Crippen molar-refractivity contribution < 1.29 is 14.3 Å². The van der Waals surface area contributed by atoms with E-state index in [0.717, 1.165) is 18.9 Å². The molecule has 0 heterocycles. The summed E-state index contributed by atoms with van der Waals surface area (Å²) in [5, 5.41) is 12.7. The number of aliphatic hydroxyl groups is 1. The first-order valence-electron chi connectivity index (χ1n) is 5.50. The highest BCUT2D eigenvalue weighted by atomic mass is 35.5. The Bertz CT molecular complexity index is 444. The van der Waals surface area contributed by atoms with Gasteiger partial charge in [0.1, 0.15) is 11.4 Å². The maximum atomic E-state index is 13.4. The molecule has 92 valence electrons. The van der Waals surface area contributed by atoms with Crippen LogP contribution in [0.5, 0.6) is 0 Å². The van der Waals surface area contributed by atoms with Gasteiger partial charge in [0.05, 0.1) is 5.69 Å². The molecule has 1 aromatic rings. The Balaban J connectivity index is 2.13. The van der Waals surface area contributed by atoms with Crippen LogP contribution in [0.1, 0.15) is 25.7 Å². The summed E-state index contributed by atoms with van der Waals surface area (Å²) in [6.45, 7) is 0. The number of hydrogen-bond acceptors (Lipinski definition) is 2. The van der Waals surface area contributed by atoms with Crippen molar-refractivity contribution in [1.82, 2.24) is 0 Å². The van der Waals surface area contributed by atoms with Crippen molar-refractivity contribution in [3.05, 3.63) is 29.0 Å². The zero-order valence-electron chi connectivity index (χ0n) is 9.17. The fourth-order valence-corrected chi connectivity index (χ4v) is 2.18. The van der Waals surface area contributed by atoms with Crippen LogP contribution in [0.4, 0.5) is 10.1 Å². The minimum absolute atomic E-state index is 0.0414. The molecule has 0 bridgehead atoms. The van der Waals surface area contributed by atoms with Gasteiger partial charge in [0.2, 0.25) is 0 Å². The molecule has 17 heavy (non-hydrogen) atoms. The van der Waals surface area contributed by atoms with Gasteiger partial charge in [0.25, 0.3) is 5.91 Å². The summed E-state index contributed by atoms with van der Waals surface area (Å²) in [5.74, 6) is -1.15. The lowest BCUT2D eigenvalue weighted by Crippen LogP contribution is -2.40. The number of benzene rings is 1. The van der Waals surface area contributed by atoms with Crippen molar-refractivity contribution in [2.75, 3.05) is 5.32 Å². The molecule has 2 rings (SSSR count). The standard InChI is InChI=1S/C12H13ClFNO2/c13-8-3-4-10(9(14)7-8)15-11(16)12(17)5-1-2-6-12/h3-4,7,17H,1-2,5-6H2,(H,15,16). The van der Waals surface area contributed by atoms with E-state index in [2.05, 4.69) is 5.32 Å². The highest BCUT2D eigenvalue weighted by Gasteiger charge is 2.39. The maximum Gasteiger partial charge on any atom is 0.256 e. The topological polar surface area (TPSA) is 49.3 Å². The summed E-state index contributed by atoms with van der Waals surface area (Å²) in [5.41, 5.74) is -1.31. The van der Waals surface area contributed by atoms with Gasteiger partial charge in [-0.15, -0.1) is 0 Å². The second kappa shape index (κ2) is 4.63. The lowest BCUT2D eigenvalue weighted by Gasteiger charge is -2.21. The zero-order chi connectivity index (χ0) is 12.5. The van der Waals surface area contributed by atoms with E-state index in [1.54, 1.807) is 0 Å². The maximum absolute atomic E-state index is 13.4. The van der Waals surface area contributed by atoms with Gasteiger partial charge in [-0.2, -0.15) is 0 Å². The van der Waals surface area contributed by atoms with E-state index in [1.165, 1.54) is 12.1 Å². The Labute approximate surface area is 104 Å². The number of halogens is 2. The van der Waals surface area contributed by atoms with Crippen molar-refractivity contribution in [3.8, 4) is 0 Å². The fourth-order valence-electron chi connectivity index (χ4n) is 2.02. The predicted octanol–water partition coefficient (Wildman–Crippen LogP) is 2.72. The van der Waals surface area contributed by atoms with Crippen LogP contribution in [-0.4, -0.2) is 16.6 Å². The van der Waals surface area contributed by atoms with E-state index < -0.39 is 17.3 Å². The first kappa shape index (κ1) is 12.3. The minimum atomic E-state index is -1.36. The number of amides is 1. The Morgan fingerprint density at radius 1 is 1.41 bits per heavy atom. The number of hydrogen-bond donors (Lipinski definition) is 2. The molecule has 1 aromatic carbocycles. The van der Waals surface area contributed by atoms with Gasteiger partial charge in [-0.3, -0.25) is 4.79 Å². The van der Waals surface area contributed by atoms with Crippen LogP contribution in [-0.2, 0) is 4.79 Å². The van der Waals surface area contributed by atoms with Gasteiger partial charge in [-0.05, 0) is 43.9 Å². The summed E-state index contributed by atoms with van der Waals surface area (Å²) in [6.07, 6.45) is 2.47. The second-order valence-corrected chi connectivity index (χ2v) is 4.75. The molecule has 1 amide bonds. The van der Waals surface area contributed by atoms with Crippen LogP contribution in [0.2, 0.25) is 5.02 Å². The second-order valence-electron chi connectivity index (χ2n) is 4.32. The Kier molecular flexibility index (Phi) is 3.35. The molecule has 1 fully saturated rings. The largest absolute Gasteiger partial charge is 0.380 e. The van der Waals surface area contributed by atoms with Gasteiger partial charge in [-0.1, -0.05) is 11.6 Å². The molecular weight excluding hydrogens is 245 g/mol. The molecule has 0 saturated heterocycles. The van der Waals surface area contributed by atoms with Crippen molar-refractivity contribution >= 4 is 23.2 Å². The van der Waals surface area contributed by atoms with E-state index in [0.29, 0.717) is 12.8 Å². The monoisotopic (exact) mass is 257 g/mol. The van der Waals surface area contributed by atoms with Crippen LogP contribution < -0.4 is 5.32 Å². The molecule has 0 atom stereocenters. The van der Waals surface area contributed by atoms with E-state index in [1.807, 2.05) is 0 Å². The molecule has 0 unspecified atom stereocenters. The molecule has 0 spiro atoms. The van der Waals surface area contributed by atoms with Crippen molar-refractivity contribution in [1.29, 1.82) is 0 Å². The summed E-state index contributed by atoms with van der Waals surface area (Å²) >= 11 is 5.61. The van der Waals surface area contributed by atoms with E-state index in [4.69, 9.17) is 11.6 Å². The van der Waals surface area contributed by atoms with E-state index in [-0.39, 0.29) is 10.7 Å². The summed E-state index contributed by atoms with van der Waals surface area (Å²) < 4.78 is 13.4. The molecule has 3 nitrogen and oxygen atoms in total. The van der Waals surface area contributed by atoms with Gasteiger partial charge in [-0.25, -0.2) is 4.39 Å². The number of nitrogens with one attached hydrogen (secondary N) is 1. The molecule has 2 N–H and O–H groups in total. The average molecular weight is 258 g/mol. The first-order valence-corrected chi connectivity index (χ1v) is 5.88. The van der Waals surface area contributed by atoms with Crippen LogP contribution in [0.15, 0.2) is 18.2 Å². The minimum Gasteiger partial charge on any atom is -0.380 e. The third kappa shape index (κ3) is 2.58. The quantitative estimate of drug-likeness (QED) is 0.856. The number of rotatable bonds is 2. The lowest BCUT2D eigenvalue weighted by atomic mass is 10.0. The molecule has 5 heteroatoms. The van der Waals surface area contributed by atoms with Gasteiger partial charge < -0.3 is 10.4 Å². The van der Waals surface area contributed by atoms with Crippen LogP contribution in [0.25, 0.3) is 0 Å². The molecule has 1 aliphatic rings. The van der Waals surface area contributed by atoms with Crippen molar-refractivity contribution in [2.45, 2.75) is 31.3 Å². The molecule has 0 aromatic heterocycles. The molecule has 1 saturated carbocycles. The van der Waals surface area contributed by atoms with Gasteiger partial charge in [0.15, 0.2) is 0 Å². The molecular formula is C12H13ClFNO2. The Morgan fingerprint density at radius 2 is 2.06 bits per heavy atom. The summed E-state index contributed by atoms with van der Waals surface area (Å²) in [4.78, 5) is 11.8. The molecule has 1 aliphatic carbocycles. The summed E-state index contributed by atoms with van der Waals surface area (Å²) in [6, 6.07) is 3.99. The number of carbonyl (C=O) groups excluding carboxylic acids is 1. The highest BCUT2D eigenvalue weighted by Crippen LogP contribution is 2.31. The first-order chi connectivity index (χ1) is 8.01. The highest BCUT2D eigenvalue weighted by molar-refractivity contribution is 6.30. The Hall–Kier alpha value is -1.13. The Morgan fingerprint density at radius 3 is 2.65 bits per heavy atom. The van der Waals surface area contributed by atoms with Gasteiger partial charge >= 0.3 is 0 Å². The fraction of sp³-hybridized carbons (Fsp3) is 0.417. The predicted molar refractivity (Wildman–Crippen MR) is 63.5 cm³/mol. The van der Waals surface area contributed by atoms with Gasteiger partial charge in [0, 0.05) is 5.02 Å². The van der Waals surface area contributed by atoms with Crippen LogP contribution in [0.3, 0.4) is 0 Å². The van der Waals surface area contributed by atoms with Crippen LogP contribution in [0, 0.1) is 5.82 Å². The average Bonchev–Trinajstić information content (AvgIpc) is 2.71. The zero-order valence-corrected chi connectivity index (χ0v) is 9.93. The number of carbonyl (C=O) groups is 1. The third-order valence-corrected chi connectivity index (χ3v) is 3.27. The molecule has 0 radical (unpaired) electrons. The normalized spacial score (nSPS) is 18.1. The number of anilines is 1. The lowest BCUT2D eigenvalue weighted by molar-refractivity contribution is -0.133. The SMILES string of the molecule is O=C(Nc1ccc(Cl)cc1F)C1(O)CCCC1. The molecule has 0 aliphatic heterocycles.